The van der Waals surface area contributed by atoms with Gasteiger partial charge in [-0.1, -0.05) is 0 Å². The van der Waals surface area contributed by atoms with E-state index in [0.717, 1.165) is 0 Å². The van der Waals surface area contributed by atoms with Gasteiger partial charge in [0.2, 0.25) is 0 Å². The van der Waals surface area contributed by atoms with Crippen LogP contribution in [0, 0.1) is 0 Å². The summed E-state index contributed by atoms with van der Waals surface area (Å²) < 4.78 is 4.59. The summed E-state index contributed by atoms with van der Waals surface area (Å²) in [7, 11) is 1.60. The van der Waals surface area contributed by atoms with Crippen LogP contribution >= 0.6 is 0 Å². The topological polar surface area (TPSA) is 40.4 Å². The minimum absolute atomic E-state index is 0.289. The molecule has 0 amide bonds. The zero-order valence-electron chi connectivity index (χ0n) is 5.34. The van der Waals surface area contributed by atoms with Crippen molar-refractivity contribution in [3.05, 3.63) is 0 Å². The monoisotopic (exact) mass is 116 g/mol. The molecule has 8 heavy (non-hydrogen) atoms. The second-order valence-corrected chi connectivity index (χ2v) is 1.47. The first-order valence-electron chi connectivity index (χ1n) is 2.43. The minimum Gasteiger partial charge on any atom is -0.446 e. The van der Waals surface area contributed by atoms with E-state index >= 15 is 0 Å². The molecule has 0 aromatic heterocycles. The van der Waals surface area contributed by atoms with Crippen LogP contribution in [-0.2, 0) is 9.53 Å². The summed E-state index contributed by atoms with van der Waals surface area (Å²) in [5, 5.41) is 3.69. The first kappa shape index (κ1) is 7.43. The van der Waals surface area contributed by atoms with Crippen LogP contribution in [-0.4, -0.2) is 19.2 Å². The molecule has 1 radical (unpaired) electrons. The molecule has 3 nitrogen and oxygen atoms in total. The standard InChI is InChI=1S/C5H10NO2/c1-4(6-3)8-5(2)7/h4H,1-3H3. The Kier molecular flexibility index (Phi) is 3.19. The number of hydrogen-bond donors (Lipinski definition) is 0. The third-order valence-corrected chi connectivity index (χ3v) is 0.700. The largest absolute Gasteiger partial charge is 0.446 e. The Morgan fingerprint density at radius 1 is 1.75 bits per heavy atom. The highest BCUT2D eigenvalue weighted by Gasteiger charge is 1.99. The third-order valence-electron chi connectivity index (χ3n) is 0.700. The van der Waals surface area contributed by atoms with Gasteiger partial charge in [-0.15, -0.1) is 0 Å². The predicted octanol–water partition coefficient (Wildman–Crippen LogP) is 0.130. The first-order chi connectivity index (χ1) is 3.66. The Morgan fingerprint density at radius 3 is 2.38 bits per heavy atom. The summed E-state index contributed by atoms with van der Waals surface area (Å²) in [6, 6.07) is 0. The molecule has 0 saturated heterocycles. The lowest BCUT2D eigenvalue weighted by molar-refractivity contribution is -0.146. The molecular weight excluding hydrogens is 106 g/mol. The van der Waals surface area contributed by atoms with Crippen molar-refractivity contribution in [1.82, 2.24) is 5.32 Å². The molecule has 1 unspecified atom stereocenters. The number of carbonyl (C=O) groups is 1. The van der Waals surface area contributed by atoms with E-state index in [1.165, 1.54) is 6.92 Å². The van der Waals surface area contributed by atoms with Gasteiger partial charge in [0.25, 0.3) is 0 Å². The van der Waals surface area contributed by atoms with Gasteiger partial charge in [-0.2, -0.15) is 0 Å². The number of ether oxygens (including phenoxy) is 1. The molecule has 3 heteroatoms. The summed E-state index contributed by atoms with van der Waals surface area (Å²) in [5.74, 6) is -0.289. The molecule has 0 saturated carbocycles. The van der Waals surface area contributed by atoms with Gasteiger partial charge in [-0.3, -0.25) is 4.79 Å². The summed E-state index contributed by atoms with van der Waals surface area (Å²) in [6.45, 7) is 3.07. The van der Waals surface area contributed by atoms with E-state index in [1.54, 1.807) is 14.0 Å². The maximum absolute atomic E-state index is 10.1. The summed E-state index contributed by atoms with van der Waals surface area (Å²) in [6.07, 6.45) is -0.299. The molecule has 1 atom stereocenters. The predicted molar refractivity (Wildman–Crippen MR) is 29.3 cm³/mol. The van der Waals surface area contributed by atoms with E-state index in [2.05, 4.69) is 10.1 Å². The average molecular weight is 116 g/mol. The number of esters is 1. The SMILES string of the molecule is C[N]C(C)OC(C)=O. The van der Waals surface area contributed by atoms with Crippen molar-refractivity contribution in [2.24, 2.45) is 0 Å². The Bertz CT molecular complexity index is 82.5. The van der Waals surface area contributed by atoms with Crippen molar-refractivity contribution in [3.63, 3.8) is 0 Å². The molecule has 0 aromatic rings. The quantitative estimate of drug-likeness (QED) is 0.481. The fraction of sp³-hybridized carbons (Fsp3) is 0.800. The third kappa shape index (κ3) is 3.61. The van der Waals surface area contributed by atoms with Crippen LogP contribution in [0.2, 0.25) is 0 Å². The van der Waals surface area contributed by atoms with Gasteiger partial charge in [0.05, 0.1) is 0 Å². The fourth-order valence-corrected chi connectivity index (χ4v) is 0.293. The van der Waals surface area contributed by atoms with Crippen molar-refractivity contribution in [2.45, 2.75) is 20.1 Å². The lowest BCUT2D eigenvalue weighted by Gasteiger charge is -2.06. The van der Waals surface area contributed by atoms with Gasteiger partial charge in [0.1, 0.15) is 0 Å². The molecular formula is C5H10NO2. The second-order valence-electron chi connectivity index (χ2n) is 1.47. The minimum atomic E-state index is -0.299. The Morgan fingerprint density at radius 2 is 2.25 bits per heavy atom. The van der Waals surface area contributed by atoms with E-state index in [-0.39, 0.29) is 12.2 Å². The first-order valence-corrected chi connectivity index (χ1v) is 2.43. The van der Waals surface area contributed by atoms with Crippen molar-refractivity contribution in [2.75, 3.05) is 7.05 Å². The van der Waals surface area contributed by atoms with E-state index in [1.807, 2.05) is 0 Å². The van der Waals surface area contributed by atoms with E-state index in [9.17, 15) is 4.79 Å². The van der Waals surface area contributed by atoms with Crippen LogP contribution in [0.3, 0.4) is 0 Å². The van der Waals surface area contributed by atoms with Crippen molar-refractivity contribution in [3.8, 4) is 0 Å². The highest BCUT2D eigenvalue weighted by Crippen LogP contribution is 1.84. The van der Waals surface area contributed by atoms with Crippen LogP contribution < -0.4 is 5.32 Å². The normalized spacial score (nSPS) is 12.9. The maximum atomic E-state index is 10.1. The molecule has 0 rings (SSSR count). The van der Waals surface area contributed by atoms with Crippen LogP contribution in [0.4, 0.5) is 0 Å². The lowest BCUT2D eigenvalue weighted by Crippen LogP contribution is -2.20. The highest BCUT2D eigenvalue weighted by atomic mass is 16.6. The van der Waals surface area contributed by atoms with Gasteiger partial charge in [-0.05, 0) is 6.92 Å². The van der Waals surface area contributed by atoms with E-state index < -0.39 is 0 Å². The molecule has 0 fully saturated rings. The molecule has 0 heterocycles. The van der Waals surface area contributed by atoms with Gasteiger partial charge < -0.3 is 4.74 Å². The van der Waals surface area contributed by atoms with Crippen LogP contribution in [0.5, 0.6) is 0 Å². The zero-order chi connectivity index (χ0) is 6.57. The van der Waals surface area contributed by atoms with Crippen LogP contribution in [0.25, 0.3) is 0 Å². The molecule has 0 aliphatic rings. The lowest BCUT2D eigenvalue weighted by atomic mass is 10.6. The van der Waals surface area contributed by atoms with Crippen LogP contribution in [0.1, 0.15) is 13.8 Å². The maximum Gasteiger partial charge on any atom is 0.304 e. The van der Waals surface area contributed by atoms with Crippen molar-refractivity contribution < 1.29 is 9.53 Å². The zero-order valence-corrected chi connectivity index (χ0v) is 5.34. The summed E-state index contributed by atoms with van der Waals surface area (Å²) in [5.41, 5.74) is 0. The molecule has 0 spiro atoms. The summed E-state index contributed by atoms with van der Waals surface area (Å²) >= 11 is 0. The van der Waals surface area contributed by atoms with Gasteiger partial charge >= 0.3 is 5.97 Å². The summed E-state index contributed by atoms with van der Waals surface area (Å²) in [4.78, 5) is 10.1. The fourth-order valence-electron chi connectivity index (χ4n) is 0.293. The van der Waals surface area contributed by atoms with Crippen LogP contribution in [0.15, 0.2) is 0 Å². The van der Waals surface area contributed by atoms with Crippen molar-refractivity contribution in [1.29, 1.82) is 0 Å². The smallest absolute Gasteiger partial charge is 0.304 e. The molecule has 0 bridgehead atoms. The van der Waals surface area contributed by atoms with Gasteiger partial charge in [0, 0.05) is 14.0 Å². The Hall–Kier alpha value is -0.570. The highest BCUT2D eigenvalue weighted by molar-refractivity contribution is 5.66. The molecule has 0 aliphatic carbocycles. The Balaban J connectivity index is 3.24. The molecule has 47 valence electrons. The number of nitrogens with zero attached hydrogens (tertiary/aromatic N) is 1. The van der Waals surface area contributed by atoms with Crippen molar-refractivity contribution >= 4 is 5.97 Å². The van der Waals surface area contributed by atoms with E-state index in [0.29, 0.717) is 0 Å². The van der Waals surface area contributed by atoms with Gasteiger partial charge in [-0.25, -0.2) is 5.32 Å². The number of hydrogen-bond acceptors (Lipinski definition) is 2. The second kappa shape index (κ2) is 3.43. The van der Waals surface area contributed by atoms with E-state index in [4.69, 9.17) is 0 Å². The number of carbonyl (C=O) groups excluding carboxylic acids is 1. The average Bonchev–Trinajstić information content (AvgIpc) is 1.65. The molecule has 0 aliphatic heterocycles. The molecule has 0 aromatic carbocycles. The molecule has 0 N–H and O–H groups in total. The Labute approximate surface area is 49.0 Å². The van der Waals surface area contributed by atoms with Gasteiger partial charge in [0.15, 0.2) is 6.23 Å². The number of rotatable bonds is 2.